The van der Waals surface area contributed by atoms with Crippen LogP contribution in [0.15, 0.2) is 83.8 Å². The second kappa shape index (κ2) is 8.89. The van der Waals surface area contributed by atoms with Crippen molar-refractivity contribution in [2.45, 2.75) is 10.6 Å². The van der Waals surface area contributed by atoms with Gasteiger partial charge in [-0.25, -0.2) is 4.68 Å². The third-order valence-corrected chi connectivity index (χ3v) is 6.75. The van der Waals surface area contributed by atoms with E-state index in [4.69, 9.17) is 5.73 Å². The van der Waals surface area contributed by atoms with E-state index in [1.807, 2.05) is 60.7 Å². The lowest BCUT2D eigenvalue weighted by atomic mass is 9.97. The van der Waals surface area contributed by atoms with Gasteiger partial charge < -0.3 is 11.1 Å². The number of rotatable bonds is 5. The number of nitrogens with two attached hydrogens (primary N) is 1. The predicted molar refractivity (Wildman–Crippen MR) is 131 cm³/mol. The first-order chi connectivity index (χ1) is 16.6. The number of Topliss-reactive ketones (excluding diaryl/α,β-unsaturated/α-hetero) is 1. The number of fused-ring (bicyclic) bond motifs is 3. The van der Waals surface area contributed by atoms with Crippen LogP contribution in [0.4, 0.5) is 11.4 Å². The summed E-state index contributed by atoms with van der Waals surface area (Å²) in [7, 11) is 0. The highest BCUT2D eigenvalue weighted by Crippen LogP contribution is 2.46. The molecule has 5 rings (SSSR count). The highest BCUT2D eigenvalue weighted by Gasteiger charge is 2.36. The molecule has 0 fully saturated rings. The van der Waals surface area contributed by atoms with Gasteiger partial charge in [0.2, 0.25) is 11.7 Å². The molecule has 0 saturated heterocycles. The number of carbonyl (C=O) groups is 2. The minimum Gasteiger partial charge on any atom is -0.398 e. The molecule has 0 bridgehead atoms. The van der Waals surface area contributed by atoms with E-state index in [1.54, 1.807) is 28.9 Å². The summed E-state index contributed by atoms with van der Waals surface area (Å²) in [6.07, 6.45) is 0. The van der Waals surface area contributed by atoms with Crippen molar-refractivity contribution in [1.82, 2.24) is 9.78 Å². The molecule has 1 unspecified atom stereocenters. The van der Waals surface area contributed by atoms with Crippen LogP contribution in [0.5, 0.6) is 0 Å². The molecule has 1 amide bonds. The minimum absolute atomic E-state index is 0.120. The van der Waals surface area contributed by atoms with Crippen LogP contribution in [-0.2, 0) is 10.5 Å². The van der Waals surface area contributed by atoms with E-state index >= 15 is 0 Å². The molecule has 3 aromatic carbocycles. The van der Waals surface area contributed by atoms with Crippen LogP contribution in [0.25, 0.3) is 16.9 Å². The highest BCUT2D eigenvalue weighted by molar-refractivity contribution is 7.99. The molecule has 4 aromatic rings. The lowest BCUT2D eigenvalue weighted by molar-refractivity contribution is -0.117. The molecule has 34 heavy (non-hydrogen) atoms. The van der Waals surface area contributed by atoms with Gasteiger partial charge in [-0.1, -0.05) is 48.5 Å². The molecule has 0 radical (unpaired) electrons. The maximum absolute atomic E-state index is 13.5. The first kappa shape index (κ1) is 21.5. The van der Waals surface area contributed by atoms with Crippen molar-refractivity contribution in [3.8, 4) is 23.0 Å². The van der Waals surface area contributed by atoms with E-state index in [0.29, 0.717) is 22.7 Å². The molecular formula is C26H19N5O2S. The first-order valence-corrected chi connectivity index (χ1v) is 11.6. The maximum Gasteiger partial charge on any atom is 0.249 e. The van der Waals surface area contributed by atoms with E-state index in [-0.39, 0.29) is 5.69 Å². The molecule has 166 valence electrons. The summed E-state index contributed by atoms with van der Waals surface area (Å²) < 4.78 is 1.70. The quantitative estimate of drug-likeness (QED) is 0.251. The molecule has 3 N–H and O–H groups in total. The third-order valence-electron chi connectivity index (χ3n) is 5.57. The largest absolute Gasteiger partial charge is 0.398 e. The Morgan fingerprint density at radius 2 is 1.74 bits per heavy atom. The van der Waals surface area contributed by atoms with Crippen molar-refractivity contribution in [1.29, 1.82) is 5.26 Å². The van der Waals surface area contributed by atoms with Gasteiger partial charge >= 0.3 is 0 Å². The number of nitrogens with zero attached hydrogens (tertiary/aromatic N) is 3. The Hall–Kier alpha value is -4.35. The van der Waals surface area contributed by atoms with Gasteiger partial charge in [0.1, 0.15) is 5.69 Å². The zero-order valence-electron chi connectivity index (χ0n) is 17.9. The van der Waals surface area contributed by atoms with Gasteiger partial charge in [0, 0.05) is 33.2 Å². The Morgan fingerprint density at radius 3 is 2.44 bits per heavy atom. The van der Waals surface area contributed by atoms with Crippen molar-refractivity contribution < 1.29 is 9.59 Å². The normalized spacial score (nSPS) is 12.7. The van der Waals surface area contributed by atoms with Crippen molar-refractivity contribution in [2.75, 3.05) is 11.1 Å². The number of aromatic nitrogens is 2. The number of carbonyl (C=O) groups excluding carboxylic acids is 2. The SMILES string of the molecule is N#CC(C(=O)Nc1ccccc1)C(=O)c1nn(-c2ccccc2)c2c1CSc1c(N)cccc1-2. The minimum atomic E-state index is -1.53. The van der Waals surface area contributed by atoms with Crippen LogP contribution in [0.3, 0.4) is 0 Å². The van der Waals surface area contributed by atoms with Crippen molar-refractivity contribution in [3.05, 3.63) is 90.1 Å². The fourth-order valence-electron chi connectivity index (χ4n) is 3.97. The zero-order chi connectivity index (χ0) is 23.7. The van der Waals surface area contributed by atoms with Gasteiger partial charge in [0.25, 0.3) is 0 Å². The lowest BCUT2D eigenvalue weighted by Gasteiger charge is -2.20. The number of nitrogen functional groups attached to an aromatic ring is 1. The summed E-state index contributed by atoms with van der Waals surface area (Å²) in [5.74, 6) is -2.40. The average molecular weight is 466 g/mol. The van der Waals surface area contributed by atoms with Crippen LogP contribution in [0, 0.1) is 17.2 Å². The summed E-state index contributed by atoms with van der Waals surface area (Å²) >= 11 is 1.51. The average Bonchev–Trinajstić information content (AvgIpc) is 3.26. The van der Waals surface area contributed by atoms with Gasteiger partial charge in [-0.15, -0.1) is 11.8 Å². The number of thioether (sulfide) groups is 1. The van der Waals surface area contributed by atoms with Crippen molar-refractivity contribution in [2.24, 2.45) is 5.92 Å². The number of nitrogens with one attached hydrogen (secondary N) is 1. The number of ketones is 1. The Bertz CT molecular complexity index is 1440. The molecule has 2 heterocycles. The van der Waals surface area contributed by atoms with Crippen LogP contribution in [0.1, 0.15) is 16.1 Å². The smallest absolute Gasteiger partial charge is 0.249 e. The van der Waals surface area contributed by atoms with E-state index in [9.17, 15) is 14.9 Å². The van der Waals surface area contributed by atoms with E-state index in [2.05, 4.69) is 10.4 Å². The number of amides is 1. The van der Waals surface area contributed by atoms with Crippen LogP contribution in [0.2, 0.25) is 0 Å². The third kappa shape index (κ3) is 3.72. The Kier molecular flexibility index (Phi) is 5.62. The number of nitriles is 1. The number of hydrogen-bond acceptors (Lipinski definition) is 6. The molecule has 7 nitrogen and oxygen atoms in total. The monoisotopic (exact) mass is 465 g/mol. The maximum atomic E-state index is 13.5. The highest BCUT2D eigenvalue weighted by atomic mass is 32.2. The van der Waals surface area contributed by atoms with Gasteiger partial charge in [-0.3, -0.25) is 9.59 Å². The Morgan fingerprint density at radius 1 is 1.03 bits per heavy atom. The van der Waals surface area contributed by atoms with Gasteiger partial charge in [0.05, 0.1) is 17.5 Å². The molecular weight excluding hydrogens is 446 g/mol. The molecule has 8 heteroatoms. The van der Waals surface area contributed by atoms with Crippen molar-refractivity contribution in [3.63, 3.8) is 0 Å². The number of anilines is 2. The summed E-state index contributed by atoms with van der Waals surface area (Å²) in [4.78, 5) is 27.3. The van der Waals surface area contributed by atoms with Crippen molar-refractivity contribution >= 4 is 34.8 Å². The van der Waals surface area contributed by atoms with Crippen LogP contribution >= 0.6 is 11.8 Å². The standard InChI is InChI=1S/C26H19N5O2S/c27-14-19(26(33)29-16-8-3-1-4-9-16)24(32)22-20-15-34-25-18(12-7-13-21(25)28)23(20)31(30-22)17-10-5-2-6-11-17/h1-13,19H,15,28H2,(H,29,33). The molecule has 1 aliphatic rings. The number of hydrogen-bond donors (Lipinski definition) is 2. The number of para-hydroxylation sites is 2. The molecule has 0 saturated carbocycles. The van der Waals surface area contributed by atoms with Gasteiger partial charge in [-0.05, 0) is 30.3 Å². The van der Waals surface area contributed by atoms with Gasteiger partial charge in [0.15, 0.2) is 5.92 Å². The number of benzene rings is 3. The lowest BCUT2D eigenvalue weighted by Crippen LogP contribution is -2.29. The topological polar surface area (TPSA) is 114 Å². The van der Waals surface area contributed by atoms with Crippen LogP contribution in [-0.4, -0.2) is 21.5 Å². The second-order valence-electron chi connectivity index (χ2n) is 7.72. The zero-order valence-corrected chi connectivity index (χ0v) is 18.8. The van der Waals surface area contributed by atoms with Crippen LogP contribution < -0.4 is 11.1 Å². The summed E-state index contributed by atoms with van der Waals surface area (Å²) in [6, 6.07) is 25.7. The molecule has 1 atom stereocenters. The summed E-state index contributed by atoms with van der Waals surface area (Å²) in [5.41, 5.74) is 10.6. The molecule has 0 spiro atoms. The predicted octanol–water partition coefficient (Wildman–Crippen LogP) is 4.69. The molecule has 0 aliphatic carbocycles. The molecule has 1 aliphatic heterocycles. The van der Waals surface area contributed by atoms with Gasteiger partial charge in [-0.2, -0.15) is 10.4 Å². The first-order valence-electron chi connectivity index (χ1n) is 10.6. The second-order valence-corrected chi connectivity index (χ2v) is 8.70. The Labute approximate surface area is 200 Å². The Balaban J connectivity index is 1.61. The van der Waals surface area contributed by atoms with E-state index < -0.39 is 17.6 Å². The summed E-state index contributed by atoms with van der Waals surface area (Å²) in [5, 5.41) is 17.0. The fraction of sp³-hybridized carbons (Fsp3) is 0.0769. The fourth-order valence-corrected chi connectivity index (χ4v) is 5.09. The summed E-state index contributed by atoms with van der Waals surface area (Å²) in [6.45, 7) is 0. The van der Waals surface area contributed by atoms with E-state index in [0.717, 1.165) is 21.8 Å². The van der Waals surface area contributed by atoms with E-state index in [1.165, 1.54) is 11.8 Å². The molecule has 1 aromatic heterocycles.